The molecule has 1 aromatic heterocycles. The Bertz CT molecular complexity index is 719. The minimum atomic E-state index is -0.320. The summed E-state index contributed by atoms with van der Waals surface area (Å²) < 4.78 is 0. The number of halogens is 1. The molecule has 0 fully saturated rings. The molecule has 94 valence electrons. The molecule has 3 aromatic rings. The van der Waals surface area contributed by atoms with Crippen molar-refractivity contribution >= 4 is 22.4 Å². The first-order chi connectivity index (χ1) is 9.27. The van der Waals surface area contributed by atoms with E-state index in [1.54, 1.807) is 6.20 Å². The second-order valence-corrected chi connectivity index (χ2v) is 4.82. The first-order valence-electron chi connectivity index (χ1n) is 6.11. The smallest absolute Gasteiger partial charge is 0.0802 e. The molecule has 0 aliphatic carbocycles. The topological polar surface area (TPSA) is 38.9 Å². The largest absolute Gasteiger partial charge is 0.319 e. The predicted molar refractivity (Wildman–Crippen MR) is 79.2 cm³/mol. The molecule has 3 heteroatoms. The van der Waals surface area contributed by atoms with Gasteiger partial charge in [-0.3, -0.25) is 4.98 Å². The number of fused-ring (bicyclic) bond motifs is 1. The first kappa shape index (κ1) is 12.2. The van der Waals surface area contributed by atoms with Crippen LogP contribution in [0.5, 0.6) is 0 Å². The molecule has 2 aromatic carbocycles. The molecule has 0 bridgehead atoms. The fourth-order valence-corrected chi connectivity index (χ4v) is 2.53. The minimum absolute atomic E-state index is 0.320. The molecule has 1 atom stereocenters. The molecular weight excluding hydrogens is 256 g/mol. The lowest BCUT2D eigenvalue weighted by Crippen LogP contribution is -2.14. The van der Waals surface area contributed by atoms with Crippen LogP contribution in [0.4, 0.5) is 0 Å². The summed E-state index contributed by atoms with van der Waals surface area (Å²) in [7, 11) is 0. The third-order valence-electron chi connectivity index (χ3n) is 3.24. The number of pyridine rings is 1. The fourth-order valence-electron chi connectivity index (χ4n) is 2.30. The van der Waals surface area contributed by atoms with Gasteiger partial charge >= 0.3 is 0 Å². The third-order valence-corrected chi connectivity index (χ3v) is 3.56. The Morgan fingerprint density at radius 3 is 2.58 bits per heavy atom. The first-order valence-corrected chi connectivity index (χ1v) is 6.49. The molecule has 0 aliphatic heterocycles. The predicted octanol–water partition coefficient (Wildman–Crippen LogP) is 3.94. The van der Waals surface area contributed by atoms with Crippen LogP contribution in [0.15, 0.2) is 60.8 Å². The molecule has 2 N–H and O–H groups in total. The molecule has 0 aliphatic rings. The molecule has 1 unspecified atom stereocenters. The van der Waals surface area contributed by atoms with E-state index in [4.69, 9.17) is 17.3 Å². The van der Waals surface area contributed by atoms with E-state index in [1.807, 2.05) is 36.4 Å². The van der Waals surface area contributed by atoms with Gasteiger partial charge in [-0.25, -0.2) is 0 Å². The zero-order valence-corrected chi connectivity index (χ0v) is 11.0. The average molecular weight is 269 g/mol. The fraction of sp³-hybridized carbons (Fsp3) is 0.0625. The molecule has 0 saturated carbocycles. The molecule has 1 heterocycles. The van der Waals surface area contributed by atoms with Gasteiger partial charge in [0.15, 0.2) is 0 Å². The van der Waals surface area contributed by atoms with Gasteiger partial charge in [0.25, 0.3) is 0 Å². The lowest BCUT2D eigenvalue weighted by atomic mass is 9.97. The van der Waals surface area contributed by atoms with Gasteiger partial charge in [-0.2, -0.15) is 0 Å². The summed E-state index contributed by atoms with van der Waals surface area (Å²) in [4.78, 5) is 4.30. The molecule has 0 saturated heterocycles. The highest BCUT2D eigenvalue weighted by atomic mass is 35.5. The summed E-state index contributed by atoms with van der Waals surface area (Å²) in [5.41, 5.74) is 8.09. The molecule has 0 radical (unpaired) electrons. The van der Waals surface area contributed by atoms with Gasteiger partial charge in [0, 0.05) is 6.20 Å². The van der Waals surface area contributed by atoms with Crippen LogP contribution in [-0.4, -0.2) is 4.98 Å². The highest BCUT2D eigenvalue weighted by Crippen LogP contribution is 2.29. The maximum atomic E-state index is 6.34. The van der Waals surface area contributed by atoms with Crippen molar-refractivity contribution in [3.63, 3.8) is 0 Å². The van der Waals surface area contributed by atoms with Crippen LogP contribution < -0.4 is 5.73 Å². The maximum Gasteiger partial charge on any atom is 0.0802 e. The molecule has 19 heavy (non-hydrogen) atoms. The van der Waals surface area contributed by atoms with Crippen LogP contribution in [0.1, 0.15) is 17.3 Å². The lowest BCUT2D eigenvalue weighted by molar-refractivity contribution is 0.837. The van der Waals surface area contributed by atoms with Crippen molar-refractivity contribution in [1.82, 2.24) is 4.98 Å². The third kappa shape index (κ3) is 2.21. The summed E-state index contributed by atoms with van der Waals surface area (Å²) >= 11 is 6.18. The van der Waals surface area contributed by atoms with Gasteiger partial charge in [-0.05, 0) is 28.5 Å². The Labute approximate surface area is 116 Å². The Kier molecular flexibility index (Phi) is 3.20. The zero-order valence-electron chi connectivity index (χ0n) is 10.3. The summed E-state index contributed by atoms with van der Waals surface area (Å²) in [5.74, 6) is 0. The quantitative estimate of drug-likeness (QED) is 0.765. The average Bonchev–Trinajstić information content (AvgIpc) is 2.46. The van der Waals surface area contributed by atoms with Crippen molar-refractivity contribution in [2.45, 2.75) is 6.04 Å². The number of nitrogens with zero attached hydrogens (tertiary/aromatic N) is 1. The number of hydrogen-bond acceptors (Lipinski definition) is 2. The van der Waals surface area contributed by atoms with Gasteiger partial charge in [0.05, 0.1) is 16.8 Å². The highest BCUT2D eigenvalue weighted by Gasteiger charge is 2.15. The van der Waals surface area contributed by atoms with Crippen LogP contribution in [0.2, 0.25) is 5.02 Å². The Hall–Kier alpha value is -1.90. The standard InChI is InChI=1S/C16H13ClN2/c17-14-9-4-10-19-16(14)15(18)13-8-3-6-11-5-1-2-7-12(11)13/h1-10,15H,18H2. The van der Waals surface area contributed by atoms with Crippen molar-refractivity contribution in [3.8, 4) is 0 Å². The van der Waals surface area contributed by atoms with Gasteiger partial charge < -0.3 is 5.73 Å². The maximum absolute atomic E-state index is 6.34. The van der Waals surface area contributed by atoms with Crippen LogP contribution in [0.25, 0.3) is 10.8 Å². The lowest BCUT2D eigenvalue weighted by Gasteiger charge is -2.15. The molecule has 0 spiro atoms. The second-order valence-electron chi connectivity index (χ2n) is 4.42. The SMILES string of the molecule is NC(c1ncccc1Cl)c1cccc2ccccc12. The summed E-state index contributed by atoms with van der Waals surface area (Å²) in [6.07, 6.45) is 1.71. The van der Waals surface area contributed by atoms with E-state index in [0.29, 0.717) is 10.7 Å². The van der Waals surface area contributed by atoms with Crippen molar-refractivity contribution in [3.05, 3.63) is 77.1 Å². The van der Waals surface area contributed by atoms with Crippen LogP contribution >= 0.6 is 11.6 Å². The number of nitrogens with two attached hydrogens (primary N) is 1. The molecular formula is C16H13ClN2. The molecule has 2 nitrogen and oxygen atoms in total. The van der Waals surface area contributed by atoms with E-state index < -0.39 is 0 Å². The van der Waals surface area contributed by atoms with E-state index in [9.17, 15) is 0 Å². The number of rotatable bonds is 2. The molecule has 3 rings (SSSR count). The summed E-state index contributed by atoms with van der Waals surface area (Å²) in [6, 6.07) is 17.6. The van der Waals surface area contributed by atoms with Gasteiger partial charge in [-0.1, -0.05) is 54.1 Å². The normalized spacial score (nSPS) is 12.5. The Balaban J connectivity index is 2.17. The van der Waals surface area contributed by atoms with E-state index in [1.165, 1.54) is 5.39 Å². The highest BCUT2D eigenvalue weighted by molar-refractivity contribution is 6.31. The monoisotopic (exact) mass is 268 g/mol. The van der Waals surface area contributed by atoms with Crippen LogP contribution in [-0.2, 0) is 0 Å². The van der Waals surface area contributed by atoms with E-state index in [-0.39, 0.29) is 6.04 Å². The minimum Gasteiger partial charge on any atom is -0.319 e. The summed E-state index contributed by atoms with van der Waals surface area (Å²) in [6.45, 7) is 0. The number of aromatic nitrogens is 1. The van der Waals surface area contributed by atoms with Crippen LogP contribution in [0.3, 0.4) is 0 Å². The van der Waals surface area contributed by atoms with Gasteiger partial charge in [0.2, 0.25) is 0 Å². The van der Waals surface area contributed by atoms with E-state index in [2.05, 4.69) is 23.2 Å². The van der Waals surface area contributed by atoms with Gasteiger partial charge in [-0.15, -0.1) is 0 Å². The molecule has 0 amide bonds. The Morgan fingerprint density at radius 1 is 0.947 bits per heavy atom. The van der Waals surface area contributed by atoms with Crippen LogP contribution in [0, 0.1) is 0 Å². The van der Waals surface area contributed by atoms with E-state index in [0.717, 1.165) is 10.9 Å². The number of benzene rings is 2. The van der Waals surface area contributed by atoms with Crippen molar-refractivity contribution in [2.75, 3.05) is 0 Å². The Morgan fingerprint density at radius 2 is 1.74 bits per heavy atom. The van der Waals surface area contributed by atoms with Crippen molar-refractivity contribution < 1.29 is 0 Å². The summed E-state index contributed by atoms with van der Waals surface area (Å²) in [5, 5.41) is 2.91. The number of hydrogen-bond donors (Lipinski definition) is 1. The van der Waals surface area contributed by atoms with Crippen molar-refractivity contribution in [2.24, 2.45) is 5.73 Å². The zero-order chi connectivity index (χ0) is 13.2. The second kappa shape index (κ2) is 5.00. The van der Waals surface area contributed by atoms with Crippen molar-refractivity contribution in [1.29, 1.82) is 0 Å². The van der Waals surface area contributed by atoms with Gasteiger partial charge in [0.1, 0.15) is 0 Å². The van der Waals surface area contributed by atoms with E-state index >= 15 is 0 Å².